The van der Waals surface area contributed by atoms with Gasteiger partial charge in [0.15, 0.2) is 0 Å². The SMILES string of the molecule is Cc1occc1C(=O)NN=Cc1cc(Br)cc(Br)c1O. The summed E-state index contributed by atoms with van der Waals surface area (Å²) in [6.45, 7) is 1.69. The van der Waals surface area contributed by atoms with Crippen molar-refractivity contribution in [2.24, 2.45) is 5.10 Å². The lowest BCUT2D eigenvalue weighted by molar-refractivity contribution is 0.0953. The minimum absolute atomic E-state index is 0.0469. The molecular weight excluding hydrogens is 392 g/mol. The molecule has 2 aromatic rings. The molecule has 7 heteroatoms. The number of hydrogen-bond donors (Lipinski definition) is 2. The number of carbonyl (C=O) groups is 1. The number of carbonyl (C=O) groups excluding carboxylic acids is 1. The average Bonchev–Trinajstić information content (AvgIpc) is 2.81. The Balaban J connectivity index is 2.11. The minimum atomic E-state index is -0.374. The van der Waals surface area contributed by atoms with E-state index >= 15 is 0 Å². The van der Waals surface area contributed by atoms with Crippen molar-refractivity contribution < 1.29 is 14.3 Å². The first-order valence-corrected chi connectivity index (χ1v) is 7.13. The van der Waals surface area contributed by atoms with E-state index in [0.29, 0.717) is 21.4 Å². The summed E-state index contributed by atoms with van der Waals surface area (Å²) >= 11 is 6.52. The number of halogens is 2. The zero-order chi connectivity index (χ0) is 14.7. The molecule has 0 radical (unpaired) electrons. The maximum atomic E-state index is 11.8. The van der Waals surface area contributed by atoms with E-state index in [-0.39, 0.29) is 11.7 Å². The Bertz CT molecular complexity index is 680. The number of furan rings is 1. The van der Waals surface area contributed by atoms with Crippen molar-refractivity contribution in [3.05, 3.63) is 50.3 Å². The van der Waals surface area contributed by atoms with Gasteiger partial charge in [-0.15, -0.1) is 0 Å². The van der Waals surface area contributed by atoms with E-state index in [1.807, 2.05) is 0 Å². The predicted molar refractivity (Wildman–Crippen MR) is 82.0 cm³/mol. The van der Waals surface area contributed by atoms with Gasteiger partial charge in [-0.25, -0.2) is 5.43 Å². The maximum absolute atomic E-state index is 11.8. The van der Waals surface area contributed by atoms with Crippen molar-refractivity contribution in [3.63, 3.8) is 0 Å². The number of rotatable bonds is 3. The summed E-state index contributed by atoms with van der Waals surface area (Å²) in [7, 11) is 0. The first kappa shape index (κ1) is 14.8. The number of nitrogens with zero attached hydrogens (tertiary/aromatic N) is 1. The molecule has 0 atom stereocenters. The number of hydrazone groups is 1. The number of aryl methyl sites for hydroxylation is 1. The van der Waals surface area contributed by atoms with Crippen LogP contribution in [0.1, 0.15) is 21.7 Å². The Hall–Kier alpha value is -1.60. The zero-order valence-electron chi connectivity index (χ0n) is 10.4. The third-order valence-electron chi connectivity index (χ3n) is 2.53. The van der Waals surface area contributed by atoms with Crippen LogP contribution in [0.2, 0.25) is 0 Å². The molecule has 0 unspecified atom stereocenters. The van der Waals surface area contributed by atoms with Crippen LogP contribution in [-0.4, -0.2) is 17.2 Å². The molecule has 0 aliphatic heterocycles. The monoisotopic (exact) mass is 400 g/mol. The first-order chi connectivity index (χ1) is 9.49. The van der Waals surface area contributed by atoms with Crippen LogP contribution in [0.4, 0.5) is 0 Å². The minimum Gasteiger partial charge on any atom is -0.506 e. The number of amides is 1. The average molecular weight is 402 g/mol. The molecule has 0 fully saturated rings. The molecular formula is C13H10Br2N2O3. The van der Waals surface area contributed by atoms with Crippen LogP contribution in [0.15, 0.2) is 42.9 Å². The third kappa shape index (κ3) is 3.29. The molecule has 0 aliphatic carbocycles. The van der Waals surface area contributed by atoms with Crippen molar-refractivity contribution in [1.82, 2.24) is 5.43 Å². The van der Waals surface area contributed by atoms with E-state index in [2.05, 4.69) is 42.4 Å². The number of hydrogen-bond acceptors (Lipinski definition) is 4. The van der Waals surface area contributed by atoms with E-state index in [1.54, 1.807) is 25.1 Å². The van der Waals surface area contributed by atoms with Gasteiger partial charge in [0, 0.05) is 10.0 Å². The van der Waals surface area contributed by atoms with Gasteiger partial charge in [-0.1, -0.05) is 15.9 Å². The van der Waals surface area contributed by atoms with Crippen LogP contribution in [0.3, 0.4) is 0 Å². The van der Waals surface area contributed by atoms with Crippen LogP contribution < -0.4 is 5.43 Å². The highest BCUT2D eigenvalue weighted by molar-refractivity contribution is 9.11. The molecule has 104 valence electrons. The number of phenolic OH excluding ortho intramolecular Hbond substituents is 1. The lowest BCUT2D eigenvalue weighted by Gasteiger charge is -2.03. The molecule has 1 heterocycles. The Morgan fingerprint density at radius 2 is 2.20 bits per heavy atom. The number of nitrogens with one attached hydrogen (secondary N) is 1. The topological polar surface area (TPSA) is 74.8 Å². The molecule has 2 N–H and O–H groups in total. The van der Waals surface area contributed by atoms with Gasteiger partial charge >= 0.3 is 0 Å². The largest absolute Gasteiger partial charge is 0.506 e. The zero-order valence-corrected chi connectivity index (χ0v) is 13.5. The van der Waals surface area contributed by atoms with Gasteiger partial charge in [0.1, 0.15) is 11.5 Å². The molecule has 0 aliphatic rings. The normalized spacial score (nSPS) is 10.9. The second kappa shape index (κ2) is 6.23. The molecule has 5 nitrogen and oxygen atoms in total. The van der Waals surface area contributed by atoms with Crippen LogP contribution >= 0.6 is 31.9 Å². The van der Waals surface area contributed by atoms with Crippen molar-refractivity contribution in [2.75, 3.05) is 0 Å². The first-order valence-electron chi connectivity index (χ1n) is 5.54. The maximum Gasteiger partial charge on any atom is 0.274 e. The van der Waals surface area contributed by atoms with Gasteiger partial charge in [-0.05, 0) is 41.1 Å². The highest BCUT2D eigenvalue weighted by atomic mass is 79.9. The Labute approximate surface area is 131 Å². The summed E-state index contributed by atoms with van der Waals surface area (Å²) in [6.07, 6.45) is 2.80. The molecule has 20 heavy (non-hydrogen) atoms. The quantitative estimate of drug-likeness (QED) is 0.609. The van der Waals surface area contributed by atoms with Gasteiger partial charge < -0.3 is 9.52 Å². The van der Waals surface area contributed by atoms with Crippen molar-refractivity contribution in [1.29, 1.82) is 0 Å². The Morgan fingerprint density at radius 3 is 2.85 bits per heavy atom. The Kier molecular flexibility index (Phi) is 4.61. The highest BCUT2D eigenvalue weighted by Crippen LogP contribution is 2.30. The fraction of sp³-hybridized carbons (Fsp3) is 0.0769. The molecule has 0 saturated heterocycles. The fourth-order valence-corrected chi connectivity index (χ4v) is 2.78. The van der Waals surface area contributed by atoms with Crippen LogP contribution in [0.5, 0.6) is 5.75 Å². The Morgan fingerprint density at radius 1 is 1.45 bits per heavy atom. The molecule has 2 rings (SSSR count). The van der Waals surface area contributed by atoms with E-state index in [9.17, 15) is 9.90 Å². The van der Waals surface area contributed by atoms with Crippen molar-refractivity contribution in [3.8, 4) is 5.75 Å². The summed E-state index contributed by atoms with van der Waals surface area (Å²) in [5, 5.41) is 13.6. The van der Waals surface area contributed by atoms with Gasteiger partial charge in [-0.2, -0.15) is 5.10 Å². The van der Waals surface area contributed by atoms with Gasteiger partial charge in [-0.3, -0.25) is 4.79 Å². The van der Waals surface area contributed by atoms with E-state index in [4.69, 9.17) is 4.42 Å². The van der Waals surface area contributed by atoms with Crippen LogP contribution in [0.25, 0.3) is 0 Å². The van der Waals surface area contributed by atoms with Gasteiger partial charge in [0.2, 0.25) is 0 Å². The summed E-state index contributed by atoms with van der Waals surface area (Å²) in [5.41, 5.74) is 3.26. The molecule has 1 amide bonds. The number of phenols is 1. The highest BCUT2D eigenvalue weighted by Gasteiger charge is 2.10. The fourth-order valence-electron chi connectivity index (χ4n) is 1.53. The predicted octanol–water partition coefficient (Wildman–Crippen LogP) is 3.58. The standard InChI is InChI=1S/C13H10Br2N2O3/c1-7-10(2-3-20-7)13(19)17-16-6-8-4-9(14)5-11(15)12(8)18/h2-6,18H,1H3,(H,17,19). The molecule has 1 aromatic heterocycles. The smallest absolute Gasteiger partial charge is 0.274 e. The van der Waals surface area contributed by atoms with Crippen LogP contribution in [-0.2, 0) is 0 Å². The number of benzene rings is 1. The van der Waals surface area contributed by atoms with E-state index in [0.717, 1.165) is 4.47 Å². The lowest BCUT2D eigenvalue weighted by atomic mass is 10.2. The lowest BCUT2D eigenvalue weighted by Crippen LogP contribution is -2.17. The molecule has 0 bridgehead atoms. The molecule has 1 aromatic carbocycles. The third-order valence-corrected chi connectivity index (χ3v) is 3.59. The number of aromatic hydroxyl groups is 1. The van der Waals surface area contributed by atoms with Crippen molar-refractivity contribution >= 4 is 44.0 Å². The summed E-state index contributed by atoms with van der Waals surface area (Å²) in [5.74, 6) is 0.192. The summed E-state index contributed by atoms with van der Waals surface area (Å²) in [6, 6.07) is 4.95. The van der Waals surface area contributed by atoms with Crippen LogP contribution in [0, 0.1) is 6.92 Å². The van der Waals surface area contributed by atoms with E-state index in [1.165, 1.54) is 12.5 Å². The van der Waals surface area contributed by atoms with Gasteiger partial charge in [0.05, 0.1) is 22.5 Å². The second-order valence-electron chi connectivity index (χ2n) is 3.92. The summed E-state index contributed by atoms with van der Waals surface area (Å²) in [4.78, 5) is 11.8. The van der Waals surface area contributed by atoms with Crippen molar-refractivity contribution in [2.45, 2.75) is 6.92 Å². The molecule has 0 saturated carbocycles. The summed E-state index contributed by atoms with van der Waals surface area (Å²) < 4.78 is 6.35. The van der Waals surface area contributed by atoms with E-state index < -0.39 is 0 Å². The second-order valence-corrected chi connectivity index (χ2v) is 5.69. The molecule has 0 spiro atoms. The van der Waals surface area contributed by atoms with Gasteiger partial charge in [0.25, 0.3) is 5.91 Å².